The van der Waals surface area contributed by atoms with Crippen molar-refractivity contribution in [2.24, 2.45) is 5.73 Å². The van der Waals surface area contributed by atoms with Crippen LogP contribution in [0.3, 0.4) is 0 Å². The molecule has 0 spiro atoms. The molecule has 0 saturated carbocycles. The summed E-state index contributed by atoms with van der Waals surface area (Å²) < 4.78 is 0. The van der Waals surface area contributed by atoms with Gasteiger partial charge in [0.1, 0.15) is 0 Å². The smallest absolute Gasteiger partial charge is 0.0175 e. The third kappa shape index (κ3) is 3.35. The molecule has 2 N–H and O–H groups in total. The molecule has 0 aliphatic carbocycles. The van der Waals surface area contributed by atoms with Crippen molar-refractivity contribution >= 4 is 0 Å². The minimum absolute atomic E-state index is 0.557. The Kier molecular flexibility index (Phi) is 5.06. The maximum absolute atomic E-state index is 5.51. The minimum atomic E-state index is 0.557. The third-order valence-corrected chi connectivity index (χ3v) is 1.66. The maximum atomic E-state index is 5.51. The van der Waals surface area contributed by atoms with Crippen molar-refractivity contribution in [3.8, 4) is 0 Å². The number of nitrogens with two attached hydrogens (primary N) is 1. The van der Waals surface area contributed by atoms with Crippen LogP contribution in [0.15, 0.2) is 48.1 Å². The zero-order valence-electron chi connectivity index (χ0n) is 7.93. The van der Waals surface area contributed by atoms with Crippen LogP contribution in [0.1, 0.15) is 13.8 Å². The van der Waals surface area contributed by atoms with Gasteiger partial charge in [0.05, 0.1) is 0 Å². The normalized spacial score (nSPS) is 12.9. The average molecular weight is 163 g/mol. The van der Waals surface area contributed by atoms with Crippen molar-refractivity contribution in [1.82, 2.24) is 0 Å². The van der Waals surface area contributed by atoms with E-state index in [0.29, 0.717) is 6.54 Å². The highest BCUT2D eigenvalue weighted by Gasteiger charge is 1.93. The van der Waals surface area contributed by atoms with Gasteiger partial charge in [0.2, 0.25) is 0 Å². The lowest BCUT2D eigenvalue weighted by molar-refractivity contribution is 1.17. The molecular weight excluding hydrogens is 146 g/mol. The first-order valence-electron chi connectivity index (χ1n) is 4.01. The van der Waals surface area contributed by atoms with Gasteiger partial charge < -0.3 is 5.73 Å². The molecule has 66 valence electrons. The third-order valence-electron chi connectivity index (χ3n) is 1.66. The van der Waals surface area contributed by atoms with Crippen molar-refractivity contribution in [2.75, 3.05) is 6.54 Å². The molecule has 0 aliphatic heterocycles. The molecule has 0 aromatic heterocycles. The Balaban J connectivity index is 4.70. The van der Waals surface area contributed by atoms with E-state index >= 15 is 0 Å². The molecule has 0 heterocycles. The van der Waals surface area contributed by atoms with Gasteiger partial charge in [-0.3, -0.25) is 0 Å². The predicted molar refractivity (Wildman–Crippen MR) is 55.9 cm³/mol. The fourth-order valence-electron chi connectivity index (χ4n) is 0.816. The minimum Gasteiger partial charge on any atom is -0.327 e. The second-order valence-corrected chi connectivity index (χ2v) is 2.65. The van der Waals surface area contributed by atoms with Crippen LogP contribution in [0.25, 0.3) is 0 Å². The summed E-state index contributed by atoms with van der Waals surface area (Å²) >= 11 is 0. The fourth-order valence-corrected chi connectivity index (χ4v) is 0.816. The maximum Gasteiger partial charge on any atom is 0.0175 e. The van der Waals surface area contributed by atoms with E-state index in [2.05, 4.69) is 13.2 Å². The van der Waals surface area contributed by atoms with Gasteiger partial charge in [0, 0.05) is 6.54 Å². The topological polar surface area (TPSA) is 26.0 Å². The second-order valence-electron chi connectivity index (χ2n) is 2.65. The van der Waals surface area contributed by atoms with E-state index < -0.39 is 0 Å². The molecule has 0 aromatic rings. The molecule has 12 heavy (non-hydrogen) atoms. The van der Waals surface area contributed by atoms with Crippen molar-refractivity contribution < 1.29 is 0 Å². The lowest BCUT2D eigenvalue weighted by atomic mass is 10.1. The summed E-state index contributed by atoms with van der Waals surface area (Å²) in [5, 5.41) is 0. The summed E-state index contributed by atoms with van der Waals surface area (Å²) in [6, 6.07) is 0. The SMILES string of the molecule is C=C/C(=C/C(=C\C)CN)C(=C)C. The van der Waals surface area contributed by atoms with Crippen LogP contribution >= 0.6 is 0 Å². The second kappa shape index (κ2) is 5.56. The summed E-state index contributed by atoms with van der Waals surface area (Å²) in [6.07, 6.45) is 5.79. The molecule has 0 aliphatic rings. The molecule has 0 rings (SSSR count). The van der Waals surface area contributed by atoms with E-state index in [-0.39, 0.29) is 0 Å². The molecule has 0 aromatic carbocycles. The van der Waals surface area contributed by atoms with E-state index in [4.69, 9.17) is 5.73 Å². The van der Waals surface area contributed by atoms with E-state index in [1.165, 1.54) is 0 Å². The van der Waals surface area contributed by atoms with Gasteiger partial charge in [-0.05, 0) is 25.0 Å². The molecule has 0 unspecified atom stereocenters. The standard InChI is InChI=1S/C11H17N/c1-5-10(8-12)7-11(6-2)9(3)4/h5-7H,2-3,8,12H2,1,4H3/b10-5+,11-7-. The highest BCUT2D eigenvalue weighted by atomic mass is 14.5. The summed E-state index contributed by atoms with van der Waals surface area (Å²) in [4.78, 5) is 0. The predicted octanol–water partition coefficient (Wildman–Crippen LogP) is 2.58. The zero-order valence-corrected chi connectivity index (χ0v) is 7.93. The van der Waals surface area contributed by atoms with Crippen molar-refractivity contribution in [3.63, 3.8) is 0 Å². The highest BCUT2D eigenvalue weighted by molar-refractivity contribution is 5.41. The van der Waals surface area contributed by atoms with Gasteiger partial charge in [-0.1, -0.05) is 37.0 Å². The van der Waals surface area contributed by atoms with Gasteiger partial charge in [0.25, 0.3) is 0 Å². The Hall–Kier alpha value is -1.08. The largest absolute Gasteiger partial charge is 0.327 e. The van der Waals surface area contributed by atoms with E-state index in [9.17, 15) is 0 Å². The number of hydrogen-bond acceptors (Lipinski definition) is 1. The summed E-state index contributed by atoms with van der Waals surface area (Å²) in [6.45, 7) is 12.0. The van der Waals surface area contributed by atoms with Crippen molar-refractivity contribution in [1.29, 1.82) is 0 Å². The summed E-state index contributed by atoms with van der Waals surface area (Å²) in [5.41, 5.74) is 8.68. The Bertz CT molecular complexity index is 231. The molecule has 0 atom stereocenters. The van der Waals surface area contributed by atoms with Crippen LogP contribution in [0.2, 0.25) is 0 Å². The van der Waals surface area contributed by atoms with Crippen LogP contribution in [-0.2, 0) is 0 Å². The van der Waals surface area contributed by atoms with Gasteiger partial charge in [-0.15, -0.1) is 0 Å². The van der Waals surface area contributed by atoms with Crippen molar-refractivity contribution in [3.05, 3.63) is 48.1 Å². The van der Waals surface area contributed by atoms with E-state index in [0.717, 1.165) is 16.7 Å². The van der Waals surface area contributed by atoms with E-state index in [1.54, 1.807) is 6.08 Å². The Morgan fingerprint density at radius 1 is 1.50 bits per heavy atom. The first kappa shape index (κ1) is 10.9. The first-order valence-corrected chi connectivity index (χ1v) is 4.01. The summed E-state index contributed by atoms with van der Waals surface area (Å²) in [7, 11) is 0. The Labute approximate surface area is 75.0 Å². The Morgan fingerprint density at radius 3 is 2.33 bits per heavy atom. The lowest BCUT2D eigenvalue weighted by Crippen LogP contribution is -2.01. The van der Waals surface area contributed by atoms with Gasteiger partial charge >= 0.3 is 0 Å². The monoisotopic (exact) mass is 163 g/mol. The first-order chi connectivity index (χ1) is 5.65. The highest BCUT2D eigenvalue weighted by Crippen LogP contribution is 2.10. The molecule has 1 heteroatoms. The van der Waals surface area contributed by atoms with E-state index in [1.807, 2.05) is 26.0 Å². The van der Waals surface area contributed by atoms with Gasteiger partial charge in [0.15, 0.2) is 0 Å². The molecule has 0 saturated heterocycles. The van der Waals surface area contributed by atoms with Gasteiger partial charge in [-0.2, -0.15) is 0 Å². The zero-order chi connectivity index (χ0) is 9.56. The quantitative estimate of drug-likeness (QED) is 0.633. The average Bonchev–Trinajstić information content (AvgIpc) is 2.06. The van der Waals surface area contributed by atoms with Crippen LogP contribution in [-0.4, -0.2) is 6.54 Å². The molecule has 0 bridgehead atoms. The molecule has 0 radical (unpaired) electrons. The number of allylic oxidation sites excluding steroid dienone is 4. The molecular formula is C11H17N. The summed E-state index contributed by atoms with van der Waals surface area (Å²) in [5.74, 6) is 0. The Morgan fingerprint density at radius 2 is 2.08 bits per heavy atom. The fraction of sp³-hybridized carbons (Fsp3) is 0.273. The lowest BCUT2D eigenvalue weighted by Gasteiger charge is -2.01. The van der Waals surface area contributed by atoms with Crippen molar-refractivity contribution in [2.45, 2.75) is 13.8 Å². The number of hydrogen-bond donors (Lipinski definition) is 1. The van der Waals surface area contributed by atoms with Crippen LogP contribution in [0.5, 0.6) is 0 Å². The van der Waals surface area contributed by atoms with Crippen LogP contribution in [0.4, 0.5) is 0 Å². The van der Waals surface area contributed by atoms with Crippen LogP contribution < -0.4 is 5.73 Å². The number of rotatable bonds is 4. The van der Waals surface area contributed by atoms with Gasteiger partial charge in [-0.25, -0.2) is 0 Å². The molecule has 1 nitrogen and oxygen atoms in total. The van der Waals surface area contributed by atoms with Crippen LogP contribution in [0, 0.1) is 0 Å². The molecule has 0 amide bonds. The molecule has 0 fully saturated rings.